The van der Waals surface area contributed by atoms with E-state index in [0.717, 1.165) is 23.0 Å². The maximum Gasteiger partial charge on any atom is 0.371 e. The van der Waals surface area contributed by atoms with Gasteiger partial charge in [-0.15, -0.1) is 0 Å². The molecule has 2 aromatic heterocycles. The molecular weight excluding hydrogens is 362 g/mol. The van der Waals surface area contributed by atoms with Crippen LogP contribution in [0.3, 0.4) is 0 Å². The van der Waals surface area contributed by atoms with Crippen molar-refractivity contribution < 1.29 is 19.4 Å². The smallest absolute Gasteiger partial charge is 0.371 e. The van der Waals surface area contributed by atoms with E-state index in [1.807, 2.05) is 25.1 Å². The van der Waals surface area contributed by atoms with Gasteiger partial charge in [-0.1, -0.05) is 12.1 Å². The van der Waals surface area contributed by atoms with Gasteiger partial charge in [0, 0.05) is 30.6 Å². The Labute approximate surface area is 160 Å². The van der Waals surface area contributed by atoms with Crippen molar-refractivity contribution in [1.82, 2.24) is 14.9 Å². The molecular formula is C20H23N3O5. The number of aromatic carboxylic acids is 1. The molecule has 3 atom stereocenters. The monoisotopic (exact) mass is 385 g/mol. The molecule has 3 heterocycles. The normalized spacial score (nSPS) is 20.2. The number of aryl methyl sites for hydroxylation is 2. The maximum absolute atomic E-state index is 12.2. The summed E-state index contributed by atoms with van der Waals surface area (Å²) in [6.45, 7) is 2.55. The average Bonchev–Trinajstić information content (AvgIpc) is 3.23. The molecule has 0 bridgehead atoms. The number of carbonyl (C=O) groups is 1. The molecule has 28 heavy (non-hydrogen) atoms. The summed E-state index contributed by atoms with van der Waals surface area (Å²) in [6.07, 6.45) is 1.22. The molecule has 0 amide bonds. The van der Waals surface area contributed by atoms with Gasteiger partial charge in [0.2, 0.25) is 5.76 Å². The number of hydrogen-bond donors (Lipinski definition) is 4. The van der Waals surface area contributed by atoms with Gasteiger partial charge in [-0.2, -0.15) is 0 Å². The third-order valence-corrected chi connectivity index (χ3v) is 5.38. The lowest BCUT2D eigenvalue weighted by Crippen LogP contribution is -2.41. The molecule has 8 nitrogen and oxygen atoms in total. The summed E-state index contributed by atoms with van der Waals surface area (Å²) >= 11 is 0. The Hall–Kier alpha value is -2.84. The van der Waals surface area contributed by atoms with Crippen molar-refractivity contribution in [3.05, 3.63) is 57.9 Å². The van der Waals surface area contributed by atoms with Crippen LogP contribution in [0.15, 0.2) is 39.5 Å². The lowest BCUT2D eigenvalue weighted by Gasteiger charge is -2.26. The molecule has 0 saturated heterocycles. The number of para-hydroxylation sites is 1. The van der Waals surface area contributed by atoms with Gasteiger partial charge in [-0.05, 0) is 38.0 Å². The number of rotatable bonds is 6. The highest BCUT2D eigenvalue weighted by molar-refractivity contribution is 5.84. The van der Waals surface area contributed by atoms with E-state index in [9.17, 15) is 14.7 Å². The fourth-order valence-electron chi connectivity index (χ4n) is 3.95. The number of benzene rings is 1. The Balaban J connectivity index is 1.44. The van der Waals surface area contributed by atoms with Crippen LogP contribution in [0.5, 0.6) is 0 Å². The summed E-state index contributed by atoms with van der Waals surface area (Å²) in [5.74, 6) is -0.512. The molecule has 4 N–H and O–H groups in total. The molecule has 8 heteroatoms. The zero-order valence-electron chi connectivity index (χ0n) is 15.5. The van der Waals surface area contributed by atoms with Crippen LogP contribution in [-0.2, 0) is 13.0 Å². The molecule has 0 radical (unpaired) electrons. The quantitative estimate of drug-likeness (QED) is 0.515. The van der Waals surface area contributed by atoms with Crippen LogP contribution in [-0.4, -0.2) is 37.8 Å². The molecule has 0 saturated carbocycles. The average molecular weight is 385 g/mol. The summed E-state index contributed by atoms with van der Waals surface area (Å²) in [5.41, 5.74) is 2.10. The van der Waals surface area contributed by atoms with Gasteiger partial charge in [-0.25, -0.2) is 9.59 Å². The van der Waals surface area contributed by atoms with Crippen molar-refractivity contribution in [3.8, 4) is 0 Å². The summed E-state index contributed by atoms with van der Waals surface area (Å²) in [5, 5.41) is 23.3. The Morgan fingerprint density at radius 1 is 1.39 bits per heavy atom. The lowest BCUT2D eigenvalue weighted by molar-refractivity contribution is 0.0660. The van der Waals surface area contributed by atoms with Gasteiger partial charge in [0.25, 0.3) is 0 Å². The second-order valence-electron chi connectivity index (χ2n) is 7.34. The first-order valence-electron chi connectivity index (χ1n) is 9.41. The van der Waals surface area contributed by atoms with Crippen LogP contribution < -0.4 is 11.0 Å². The van der Waals surface area contributed by atoms with Crippen molar-refractivity contribution in [3.63, 3.8) is 0 Å². The van der Waals surface area contributed by atoms with E-state index in [4.69, 9.17) is 9.52 Å². The van der Waals surface area contributed by atoms with Crippen LogP contribution in [0.1, 0.15) is 47.7 Å². The van der Waals surface area contributed by atoms with Crippen molar-refractivity contribution in [2.24, 2.45) is 0 Å². The number of nitrogens with zero attached hydrogens (tertiary/aromatic N) is 1. The highest BCUT2D eigenvalue weighted by atomic mass is 16.4. The van der Waals surface area contributed by atoms with E-state index in [1.54, 1.807) is 10.6 Å². The molecule has 0 fully saturated rings. The lowest BCUT2D eigenvalue weighted by atomic mass is 9.98. The topological polar surface area (TPSA) is 120 Å². The van der Waals surface area contributed by atoms with E-state index in [2.05, 4.69) is 10.3 Å². The van der Waals surface area contributed by atoms with E-state index < -0.39 is 12.1 Å². The minimum atomic E-state index is -1.08. The summed E-state index contributed by atoms with van der Waals surface area (Å²) < 4.78 is 6.98. The van der Waals surface area contributed by atoms with Gasteiger partial charge < -0.3 is 24.9 Å². The predicted octanol–water partition coefficient (Wildman–Crippen LogP) is 2.04. The van der Waals surface area contributed by atoms with Crippen LogP contribution in [0.4, 0.5) is 0 Å². The first-order chi connectivity index (χ1) is 13.4. The summed E-state index contributed by atoms with van der Waals surface area (Å²) in [7, 11) is 0. The fraction of sp³-hybridized carbons (Fsp3) is 0.400. The van der Waals surface area contributed by atoms with Gasteiger partial charge in [0.05, 0.1) is 17.1 Å². The highest BCUT2D eigenvalue weighted by Crippen LogP contribution is 2.30. The zero-order valence-corrected chi connectivity index (χ0v) is 15.5. The zero-order chi connectivity index (χ0) is 19.8. The van der Waals surface area contributed by atoms with E-state index in [0.29, 0.717) is 25.1 Å². The van der Waals surface area contributed by atoms with E-state index >= 15 is 0 Å². The van der Waals surface area contributed by atoms with Crippen LogP contribution >= 0.6 is 0 Å². The number of aliphatic hydroxyl groups excluding tert-OH is 1. The molecule has 1 unspecified atom stereocenters. The van der Waals surface area contributed by atoms with Crippen LogP contribution in [0.25, 0.3) is 11.0 Å². The second-order valence-corrected chi connectivity index (χ2v) is 7.34. The Morgan fingerprint density at radius 2 is 2.21 bits per heavy atom. The molecule has 4 rings (SSSR count). The van der Waals surface area contributed by atoms with Crippen molar-refractivity contribution in [2.45, 2.75) is 50.9 Å². The largest absolute Gasteiger partial charge is 0.475 e. The minimum Gasteiger partial charge on any atom is -0.475 e. The fourth-order valence-corrected chi connectivity index (χ4v) is 3.95. The molecule has 0 aliphatic carbocycles. The number of aromatic nitrogens is 2. The van der Waals surface area contributed by atoms with Crippen molar-refractivity contribution in [2.75, 3.05) is 0 Å². The summed E-state index contributed by atoms with van der Waals surface area (Å²) in [6, 6.07) is 8.56. The third kappa shape index (κ3) is 3.36. The minimum absolute atomic E-state index is 0.0601. The maximum atomic E-state index is 12.2. The first kappa shape index (κ1) is 18.5. The number of hydrogen-bond acceptors (Lipinski definition) is 5. The number of nitrogens with one attached hydrogen (secondary N) is 2. The molecule has 1 aliphatic heterocycles. The van der Waals surface area contributed by atoms with E-state index in [1.165, 1.54) is 6.07 Å². The molecule has 3 aromatic rings. The van der Waals surface area contributed by atoms with Gasteiger partial charge in [0.1, 0.15) is 5.76 Å². The van der Waals surface area contributed by atoms with Crippen molar-refractivity contribution >= 4 is 17.0 Å². The molecule has 148 valence electrons. The Morgan fingerprint density at radius 3 is 2.96 bits per heavy atom. The number of aromatic amines is 1. The third-order valence-electron chi connectivity index (χ3n) is 5.38. The highest BCUT2D eigenvalue weighted by Gasteiger charge is 2.29. The molecule has 1 aliphatic rings. The van der Waals surface area contributed by atoms with Gasteiger partial charge in [0.15, 0.2) is 0 Å². The number of H-pyrrole nitrogens is 1. The van der Waals surface area contributed by atoms with Crippen LogP contribution in [0, 0.1) is 0 Å². The van der Waals surface area contributed by atoms with Gasteiger partial charge >= 0.3 is 11.7 Å². The molecule has 1 aromatic carbocycles. The Kier molecular flexibility index (Phi) is 4.82. The van der Waals surface area contributed by atoms with Crippen LogP contribution in [0.2, 0.25) is 0 Å². The number of carboxylic acids is 1. The van der Waals surface area contributed by atoms with E-state index in [-0.39, 0.29) is 23.5 Å². The first-order valence-corrected chi connectivity index (χ1v) is 9.41. The molecule has 0 spiro atoms. The van der Waals surface area contributed by atoms with Crippen molar-refractivity contribution in [1.29, 1.82) is 0 Å². The second kappa shape index (κ2) is 7.29. The van der Waals surface area contributed by atoms with Gasteiger partial charge in [-0.3, -0.25) is 4.57 Å². The SMILES string of the molecule is CC(CCc1ccc(C(=O)O)o1)N[C@@H]1CCn2c(=O)[nH]c3cccc(c32)[C@H]1O. The number of imidazole rings is 1. The summed E-state index contributed by atoms with van der Waals surface area (Å²) in [4.78, 5) is 25.9. The Bertz CT molecular complexity index is 1060. The number of aliphatic hydroxyl groups is 1. The number of furan rings is 1. The number of carboxylic acid groups (broad SMARTS) is 1. The predicted molar refractivity (Wildman–Crippen MR) is 103 cm³/mol. The standard InChI is InChI=1S/C20H23N3O5/c1-11(5-6-12-7-8-16(28-12)19(25)26)21-15-9-10-23-17-13(18(15)24)3-2-4-14(17)22-20(23)27/h2-4,7-8,11,15,18,21,24H,5-6,9-10H2,1H3,(H,22,27)(H,25,26)/t11?,15-,18-/m1/s1.